The van der Waals surface area contributed by atoms with E-state index in [0.29, 0.717) is 6.54 Å². The van der Waals surface area contributed by atoms with Crippen molar-refractivity contribution in [2.75, 3.05) is 26.2 Å². The maximum atomic E-state index is 12.9. The van der Waals surface area contributed by atoms with Gasteiger partial charge < -0.3 is 16.0 Å². The van der Waals surface area contributed by atoms with Gasteiger partial charge >= 0.3 is 6.18 Å². The molecule has 0 aliphatic carbocycles. The third-order valence-corrected chi connectivity index (χ3v) is 4.41. The fourth-order valence-corrected chi connectivity index (χ4v) is 2.77. The Labute approximate surface area is 156 Å². The zero-order valence-corrected chi connectivity index (χ0v) is 15.2. The van der Waals surface area contributed by atoms with Gasteiger partial charge in [-0.15, -0.1) is 12.4 Å². The van der Waals surface area contributed by atoms with Crippen LogP contribution in [0.15, 0.2) is 24.3 Å². The molecule has 0 unspecified atom stereocenters. The van der Waals surface area contributed by atoms with E-state index in [4.69, 9.17) is 0 Å². The van der Waals surface area contributed by atoms with Crippen molar-refractivity contribution in [1.82, 2.24) is 16.0 Å². The summed E-state index contributed by atoms with van der Waals surface area (Å²) in [5.74, 6) is -1.34. The van der Waals surface area contributed by atoms with Gasteiger partial charge in [0.05, 0.1) is 17.7 Å². The SMILES string of the molecule is CC1(CNC(=O)CNC(=O)c2ccccc2C(F)(F)F)CCNCC1.Cl. The molecule has 1 aliphatic rings. The summed E-state index contributed by atoms with van der Waals surface area (Å²) >= 11 is 0. The molecule has 5 nitrogen and oxygen atoms in total. The van der Waals surface area contributed by atoms with Gasteiger partial charge in [0, 0.05) is 6.54 Å². The average molecular weight is 394 g/mol. The van der Waals surface area contributed by atoms with Crippen LogP contribution < -0.4 is 16.0 Å². The summed E-state index contributed by atoms with van der Waals surface area (Å²) in [5.41, 5.74) is -1.52. The highest BCUT2D eigenvalue weighted by Gasteiger charge is 2.35. The highest BCUT2D eigenvalue weighted by atomic mass is 35.5. The summed E-state index contributed by atoms with van der Waals surface area (Å²) in [4.78, 5) is 23.9. The van der Waals surface area contributed by atoms with Crippen LogP contribution in [0.3, 0.4) is 0 Å². The van der Waals surface area contributed by atoms with Crippen LogP contribution in [-0.2, 0) is 11.0 Å². The molecule has 1 saturated heterocycles. The van der Waals surface area contributed by atoms with E-state index in [1.165, 1.54) is 12.1 Å². The Morgan fingerprint density at radius 2 is 1.77 bits per heavy atom. The van der Waals surface area contributed by atoms with Gasteiger partial charge in [-0.2, -0.15) is 13.2 Å². The van der Waals surface area contributed by atoms with E-state index in [-0.39, 0.29) is 24.4 Å². The van der Waals surface area contributed by atoms with Crippen molar-refractivity contribution in [3.8, 4) is 0 Å². The smallest absolute Gasteiger partial charge is 0.354 e. The first-order chi connectivity index (χ1) is 11.7. The third-order valence-electron chi connectivity index (χ3n) is 4.41. The van der Waals surface area contributed by atoms with Gasteiger partial charge in [-0.05, 0) is 43.5 Å². The lowest BCUT2D eigenvalue weighted by atomic mass is 9.81. The van der Waals surface area contributed by atoms with E-state index in [2.05, 4.69) is 22.9 Å². The number of piperidine rings is 1. The second-order valence-electron chi connectivity index (χ2n) is 6.56. The second kappa shape index (κ2) is 9.23. The first-order valence-corrected chi connectivity index (χ1v) is 8.13. The van der Waals surface area contributed by atoms with Crippen LogP contribution in [0.25, 0.3) is 0 Å². The highest BCUT2D eigenvalue weighted by Crippen LogP contribution is 2.31. The molecule has 0 bridgehead atoms. The quantitative estimate of drug-likeness (QED) is 0.719. The number of rotatable bonds is 5. The van der Waals surface area contributed by atoms with Crippen molar-refractivity contribution in [3.05, 3.63) is 35.4 Å². The number of benzene rings is 1. The molecule has 0 radical (unpaired) electrons. The number of alkyl halides is 3. The monoisotopic (exact) mass is 393 g/mol. The van der Waals surface area contributed by atoms with E-state index in [1.807, 2.05) is 0 Å². The van der Waals surface area contributed by atoms with Crippen LogP contribution in [0.5, 0.6) is 0 Å². The number of halogens is 4. The fraction of sp³-hybridized carbons (Fsp3) is 0.529. The molecule has 0 atom stereocenters. The minimum Gasteiger partial charge on any atom is -0.354 e. The predicted molar refractivity (Wildman–Crippen MR) is 94.2 cm³/mol. The minimum atomic E-state index is -4.63. The topological polar surface area (TPSA) is 70.2 Å². The molecular formula is C17H23ClF3N3O2. The third kappa shape index (κ3) is 6.17. The maximum absolute atomic E-state index is 12.9. The molecule has 0 saturated carbocycles. The van der Waals surface area contributed by atoms with Crippen molar-refractivity contribution in [2.24, 2.45) is 5.41 Å². The number of carbonyl (C=O) groups is 2. The first-order valence-electron chi connectivity index (χ1n) is 8.13. The summed E-state index contributed by atoms with van der Waals surface area (Å²) < 4.78 is 38.7. The zero-order valence-electron chi connectivity index (χ0n) is 14.4. The summed E-state index contributed by atoms with van der Waals surface area (Å²) in [7, 11) is 0. The van der Waals surface area contributed by atoms with Gasteiger partial charge in [0.2, 0.25) is 5.91 Å². The molecule has 1 aromatic carbocycles. The number of hydrogen-bond donors (Lipinski definition) is 3. The molecule has 1 heterocycles. The van der Waals surface area contributed by atoms with Gasteiger partial charge in [0.15, 0.2) is 0 Å². The van der Waals surface area contributed by atoms with Gasteiger partial charge in [0.25, 0.3) is 5.91 Å². The lowest BCUT2D eigenvalue weighted by Crippen LogP contribution is -2.45. The van der Waals surface area contributed by atoms with Gasteiger partial charge in [-0.25, -0.2) is 0 Å². The summed E-state index contributed by atoms with van der Waals surface area (Å²) in [5, 5.41) is 8.23. The Balaban J connectivity index is 0.00000338. The van der Waals surface area contributed by atoms with Crippen molar-refractivity contribution in [3.63, 3.8) is 0 Å². The van der Waals surface area contributed by atoms with Crippen LogP contribution in [0, 0.1) is 5.41 Å². The molecule has 3 N–H and O–H groups in total. The molecule has 0 spiro atoms. The van der Waals surface area contributed by atoms with Crippen molar-refractivity contribution in [2.45, 2.75) is 25.9 Å². The normalized spacial score (nSPS) is 16.3. The Morgan fingerprint density at radius 1 is 1.15 bits per heavy atom. The Morgan fingerprint density at radius 3 is 2.38 bits per heavy atom. The number of carbonyl (C=O) groups excluding carboxylic acids is 2. The van der Waals surface area contributed by atoms with E-state index >= 15 is 0 Å². The van der Waals surface area contributed by atoms with Crippen molar-refractivity contribution >= 4 is 24.2 Å². The molecule has 0 aromatic heterocycles. The highest BCUT2D eigenvalue weighted by molar-refractivity contribution is 5.97. The summed E-state index contributed by atoms with van der Waals surface area (Å²) in [6.07, 6.45) is -2.77. The molecule has 1 fully saturated rings. The van der Waals surface area contributed by atoms with Crippen LogP contribution in [0.4, 0.5) is 13.2 Å². The van der Waals surface area contributed by atoms with Crippen LogP contribution in [0.2, 0.25) is 0 Å². The molecular weight excluding hydrogens is 371 g/mol. The van der Waals surface area contributed by atoms with Crippen LogP contribution in [0.1, 0.15) is 35.7 Å². The molecule has 1 aliphatic heterocycles. The first kappa shape index (κ1) is 22.2. The van der Waals surface area contributed by atoms with Crippen molar-refractivity contribution in [1.29, 1.82) is 0 Å². The molecule has 2 rings (SSSR count). The molecule has 146 valence electrons. The number of hydrogen-bond acceptors (Lipinski definition) is 3. The van der Waals surface area contributed by atoms with Gasteiger partial charge in [0.1, 0.15) is 0 Å². The van der Waals surface area contributed by atoms with E-state index in [1.54, 1.807) is 0 Å². The van der Waals surface area contributed by atoms with Crippen LogP contribution >= 0.6 is 12.4 Å². The summed E-state index contributed by atoms with van der Waals surface area (Å²) in [6.45, 7) is 3.96. The van der Waals surface area contributed by atoms with E-state index in [0.717, 1.165) is 38.1 Å². The second-order valence-corrected chi connectivity index (χ2v) is 6.56. The predicted octanol–water partition coefficient (Wildman–Crippen LogP) is 2.36. The molecule has 26 heavy (non-hydrogen) atoms. The Bertz CT molecular complexity index is 632. The summed E-state index contributed by atoms with van der Waals surface area (Å²) in [6, 6.07) is 4.49. The maximum Gasteiger partial charge on any atom is 0.417 e. The standard InChI is InChI=1S/C17H22F3N3O2.ClH/c1-16(6-8-21-9-7-16)11-23-14(24)10-22-15(25)12-4-2-3-5-13(12)17(18,19)20;/h2-5,21H,6-11H2,1H3,(H,22,25)(H,23,24);1H. The molecule has 2 amide bonds. The number of amides is 2. The largest absolute Gasteiger partial charge is 0.417 e. The fourth-order valence-electron chi connectivity index (χ4n) is 2.77. The average Bonchev–Trinajstić information content (AvgIpc) is 2.58. The lowest BCUT2D eigenvalue weighted by molar-refractivity contribution is -0.137. The van der Waals surface area contributed by atoms with E-state index < -0.39 is 29.1 Å². The van der Waals surface area contributed by atoms with Crippen LogP contribution in [-0.4, -0.2) is 38.0 Å². The molecule has 1 aromatic rings. The number of nitrogens with one attached hydrogen (secondary N) is 3. The van der Waals surface area contributed by atoms with Gasteiger partial charge in [-0.3, -0.25) is 9.59 Å². The molecule has 9 heteroatoms. The Kier molecular flexibility index (Phi) is 7.89. The van der Waals surface area contributed by atoms with Crippen molar-refractivity contribution < 1.29 is 22.8 Å². The minimum absolute atomic E-state index is 0. The lowest BCUT2D eigenvalue weighted by Gasteiger charge is -2.34. The zero-order chi connectivity index (χ0) is 18.5. The Hall–Kier alpha value is -1.80. The van der Waals surface area contributed by atoms with Gasteiger partial charge in [-0.1, -0.05) is 19.1 Å². The van der Waals surface area contributed by atoms with E-state index in [9.17, 15) is 22.8 Å².